The summed E-state index contributed by atoms with van der Waals surface area (Å²) in [6.07, 6.45) is 15.9. The summed E-state index contributed by atoms with van der Waals surface area (Å²) in [5.74, 6) is -0.0602. The van der Waals surface area contributed by atoms with Crippen molar-refractivity contribution >= 4 is 11.9 Å². The molecule has 3 fully saturated rings. The fourth-order valence-corrected chi connectivity index (χ4v) is 7.17. The van der Waals surface area contributed by atoms with Crippen molar-refractivity contribution in [2.75, 3.05) is 13.1 Å². The minimum Gasteiger partial charge on any atom is -0.478 e. The van der Waals surface area contributed by atoms with Gasteiger partial charge in [-0.05, 0) is 86.8 Å². The van der Waals surface area contributed by atoms with Crippen LogP contribution < -0.4 is 0 Å². The highest BCUT2D eigenvalue weighted by atomic mass is 16.4. The molecule has 1 aromatic heterocycles. The van der Waals surface area contributed by atoms with Gasteiger partial charge in [0.1, 0.15) is 5.56 Å². The third-order valence-electron chi connectivity index (χ3n) is 9.11. The number of unbranched alkanes of at least 4 members (excludes halogenated alkanes) is 1. The van der Waals surface area contributed by atoms with Gasteiger partial charge in [-0.25, -0.2) is 9.48 Å². The molecule has 2 aliphatic carbocycles. The quantitative estimate of drug-likeness (QED) is 0.488. The molecule has 0 bridgehead atoms. The van der Waals surface area contributed by atoms with E-state index in [1.165, 1.54) is 43.9 Å². The van der Waals surface area contributed by atoms with Crippen LogP contribution in [0.25, 0.3) is 5.69 Å². The normalized spacial score (nSPS) is 23.8. The molecule has 1 amide bonds. The van der Waals surface area contributed by atoms with Crippen molar-refractivity contribution in [1.29, 1.82) is 0 Å². The number of rotatable bonds is 7. The molecule has 1 aliphatic heterocycles. The van der Waals surface area contributed by atoms with Crippen molar-refractivity contribution in [3.05, 3.63) is 47.3 Å². The molecule has 194 valence electrons. The average molecular weight is 492 g/mol. The van der Waals surface area contributed by atoms with Crippen LogP contribution in [0, 0.1) is 11.3 Å². The number of amides is 1. The van der Waals surface area contributed by atoms with Crippen molar-refractivity contribution in [1.82, 2.24) is 14.7 Å². The minimum atomic E-state index is -0.922. The van der Waals surface area contributed by atoms with E-state index in [2.05, 4.69) is 35.1 Å². The van der Waals surface area contributed by atoms with Gasteiger partial charge in [-0.2, -0.15) is 5.10 Å². The number of benzene rings is 1. The molecule has 2 saturated carbocycles. The van der Waals surface area contributed by atoms with Gasteiger partial charge >= 0.3 is 5.97 Å². The van der Waals surface area contributed by atoms with E-state index in [1.807, 2.05) is 10.7 Å². The van der Waals surface area contributed by atoms with Crippen molar-refractivity contribution in [2.45, 2.75) is 96.3 Å². The third kappa shape index (κ3) is 5.09. The van der Waals surface area contributed by atoms with Crippen LogP contribution in [0.1, 0.15) is 112 Å². The molecule has 2 heterocycles. The first-order valence-corrected chi connectivity index (χ1v) is 14.2. The number of carbonyl (C=O) groups excluding carboxylic acids is 1. The summed E-state index contributed by atoms with van der Waals surface area (Å²) in [6.45, 7) is 4.03. The second-order valence-corrected chi connectivity index (χ2v) is 11.6. The number of carboxylic acid groups (broad SMARTS) is 1. The smallest absolute Gasteiger partial charge is 0.339 e. The maximum absolute atomic E-state index is 13.6. The number of carbonyl (C=O) groups is 2. The van der Waals surface area contributed by atoms with Crippen LogP contribution in [0.5, 0.6) is 0 Å². The van der Waals surface area contributed by atoms with E-state index in [9.17, 15) is 14.7 Å². The van der Waals surface area contributed by atoms with Crippen molar-refractivity contribution < 1.29 is 14.7 Å². The fourth-order valence-electron chi connectivity index (χ4n) is 7.17. The van der Waals surface area contributed by atoms with E-state index in [0.717, 1.165) is 69.4 Å². The Kier molecular flexibility index (Phi) is 7.49. The number of aromatic carboxylic acids is 1. The van der Waals surface area contributed by atoms with Crippen LogP contribution in [-0.4, -0.2) is 44.8 Å². The molecule has 2 aromatic rings. The fraction of sp³-hybridized carbons (Fsp3) is 0.633. The van der Waals surface area contributed by atoms with Gasteiger partial charge in [-0.1, -0.05) is 44.7 Å². The van der Waals surface area contributed by atoms with Crippen LogP contribution in [0.4, 0.5) is 0 Å². The average Bonchev–Trinajstić information content (AvgIpc) is 3.54. The molecule has 6 heteroatoms. The monoisotopic (exact) mass is 491 g/mol. The molecule has 5 rings (SSSR count). The second-order valence-electron chi connectivity index (χ2n) is 11.6. The molecule has 6 nitrogen and oxygen atoms in total. The molecule has 2 atom stereocenters. The van der Waals surface area contributed by atoms with Crippen molar-refractivity contribution in [3.8, 4) is 5.69 Å². The van der Waals surface area contributed by atoms with Crippen LogP contribution in [-0.2, 0) is 11.2 Å². The van der Waals surface area contributed by atoms with Gasteiger partial charge in [-0.3, -0.25) is 4.79 Å². The van der Waals surface area contributed by atoms with E-state index >= 15 is 0 Å². The molecule has 3 aliphatic rings. The highest BCUT2D eigenvalue weighted by Gasteiger charge is 2.41. The lowest BCUT2D eigenvalue weighted by molar-refractivity contribution is -0.140. The summed E-state index contributed by atoms with van der Waals surface area (Å²) in [5, 5.41) is 14.1. The number of carboxylic acids is 1. The lowest BCUT2D eigenvalue weighted by Gasteiger charge is -2.42. The van der Waals surface area contributed by atoms with Gasteiger partial charge in [0.2, 0.25) is 5.91 Å². The topological polar surface area (TPSA) is 75.4 Å². The van der Waals surface area contributed by atoms with Crippen molar-refractivity contribution in [3.63, 3.8) is 0 Å². The first-order valence-electron chi connectivity index (χ1n) is 14.2. The summed E-state index contributed by atoms with van der Waals surface area (Å²) in [5.41, 5.74) is 3.62. The number of hydrogen-bond donors (Lipinski definition) is 1. The van der Waals surface area contributed by atoms with Gasteiger partial charge in [0.25, 0.3) is 0 Å². The number of nitrogens with zero attached hydrogens (tertiary/aromatic N) is 3. The maximum atomic E-state index is 13.6. The Hall–Kier alpha value is -2.63. The van der Waals surface area contributed by atoms with E-state index in [0.29, 0.717) is 29.2 Å². The zero-order valence-electron chi connectivity index (χ0n) is 21.8. The number of aromatic nitrogens is 2. The molecule has 1 N–H and O–H groups in total. The van der Waals surface area contributed by atoms with Gasteiger partial charge in [0.15, 0.2) is 0 Å². The number of likely N-dealkylation sites (tertiary alicyclic amines) is 1. The summed E-state index contributed by atoms with van der Waals surface area (Å²) in [6, 6.07) is 8.40. The van der Waals surface area contributed by atoms with Crippen LogP contribution in [0.2, 0.25) is 0 Å². The van der Waals surface area contributed by atoms with Crippen LogP contribution >= 0.6 is 0 Å². The van der Waals surface area contributed by atoms with Gasteiger partial charge in [-0.15, -0.1) is 0 Å². The van der Waals surface area contributed by atoms with E-state index < -0.39 is 5.97 Å². The Morgan fingerprint density at radius 2 is 1.92 bits per heavy atom. The summed E-state index contributed by atoms with van der Waals surface area (Å²) >= 11 is 0. The van der Waals surface area contributed by atoms with Gasteiger partial charge in [0.05, 0.1) is 17.6 Å². The third-order valence-corrected chi connectivity index (χ3v) is 9.11. The summed E-state index contributed by atoms with van der Waals surface area (Å²) < 4.78 is 1.81. The second kappa shape index (κ2) is 10.8. The van der Waals surface area contributed by atoms with Crippen LogP contribution in [0.15, 0.2) is 30.5 Å². The molecule has 2 unspecified atom stereocenters. The largest absolute Gasteiger partial charge is 0.478 e. The predicted molar refractivity (Wildman–Crippen MR) is 141 cm³/mol. The predicted octanol–water partition coefficient (Wildman–Crippen LogP) is 6.37. The Bertz CT molecular complexity index is 1080. The Balaban J connectivity index is 1.32. The van der Waals surface area contributed by atoms with E-state index in [4.69, 9.17) is 0 Å². The lowest BCUT2D eigenvalue weighted by atomic mass is 9.75. The highest BCUT2D eigenvalue weighted by molar-refractivity contribution is 5.88. The molecular weight excluding hydrogens is 450 g/mol. The van der Waals surface area contributed by atoms with Crippen molar-refractivity contribution in [2.24, 2.45) is 11.3 Å². The first-order chi connectivity index (χ1) is 17.5. The zero-order chi connectivity index (χ0) is 25.1. The molecular formula is C30H41N3O3. The number of hydrogen-bond acceptors (Lipinski definition) is 3. The summed E-state index contributed by atoms with van der Waals surface area (Å²) in [4.78, 5) is 27.6. The highest BCUT2D eigenvalue weighted by Crippen LogP contribution is 2.46. The molecule has 36 heavy (non-hydrogen) atoms. The van der Waals surface area contributed by atoms with E-state index in [1.54, 1.807) is 0 Å². The Morgan fingerprint density at radius 1 is 1.11 bits per heavy atom. The summed E-state index contributed by atoms with van der Waals surface area (Å²) in [7, 11) is 0. The minimum absolute atomic E-state index is 0.118. The first kappa shape index (κ1) is 25.0. The maximum Gasteiger partial charge on any atom is 0.339 e. The molecule has 1 spiro atoms. The lowest BCUT2D eigenvalue weighted by Crippen LogP contribution is -2.47. The number of piperidine rings is 1. The van der Waals surface area contributed by atoms with Gasteiger partial charge < -0.3 is 10.0 Å². The van der Waals surface area contributed by atoms with E-state index in [-0.39, 0.29) is 5.92 Å². The Labute approximate surface area is 215 Å². The molecule has 1 aromatic carbocycles. The zero-order valence-corrected chi connectivity index (χ0v) is 21.8. The Morgan fingerprint density at radius 3 is 2.69 bits per heavy atom. The molecule has 0 radical (unpaired) electrons. The SMILES string of the molecule is CCCCc1c(C(=O)O)cnn1-c1cccc(C2CCCC(C(=O)N3CCCC4(CCCC4)C3)C2)c1. The molecule has 1 saturated heterocycles. The standard InChI is InChI=1S/C30H41N3O3/c1-2-3-13-27-26(29(35)36)20-31-33(27)25-12-7-10-23(19-25)22-9-6-11-24(18-22)28(34)32-17-8-16-30(21-32)14-4-5-15-30/h7,10,12,19-20,22,24H,2-6,8-9,11,13-18,21H2,1H3,(H,35,36). The van der Waals surface area contributed by atoms with Gasteiger partial charge in [0, 0.05) is 19.0 Å². The van der Waals surface area contributed by atoms with Crippen LogP contribution in [0.3, 0.4) is 0 Å².